The quantitative estimate of drug-likeness (QED) is 0.119. The van der Waals surface area contributed by atoms with Crippen LogP contribution in [0, 0.1) is 0 Å². The second kappa shape index (κ2) is 19.0. The van der Waals surface area contributed by atoms with Crippen LogP contribution in [0.5, 0.6) is 5.75 Å². The molecule has 0 aliphatic heterocycles. The van der Waals surface area contributed by atoms with Gasteiger partial charge >= 0.3 is 12.1 Å². The van der Waals surface area contributed by atoms with Crippen LogP contribution in [-0.4, -0.2) is 98.9 Å². The predicted molar refractivity (Wildman–Crippen MR) is 176 cm³/mol. The molecule has 0 aromatic heterocycles. The summed E-state index contributed by atoms with van der Waals surface area (Å²) in [6, 6.07) is 11.0. The van der Waals surface area contributed by atoms with Gasteiger partial charge in [0.05, 0.1) is 13.1 Å². The van der Waals surface area contributed by atoms with Crippen molar-refractivity contribution in [3.8, 4) is 5.75 Å². The summed E-state index contributed by atoms with van der Waals surface area (Å²) in [5.41, 5.74) is 0.446. The third-order valence-corrected chi connectivity index (χ3v) is 7.31. The Kier molecular flexibility index (Phi) is 15.5. The van der Waals surface area contributed by atoms with Gasteiger partial charge in [0.1, 0.15) is 29.5 Å². The molecule has 0 bridgehead atoms. The van der Waals surface area contributed by atoms with E-state index in [1.54, 1.807) is 63.2 Å². The number of hydrogen-bond acceptors (Lipinski definition) is 9. The summed E-state index contributed by atoms with van der Waals surface area (Å²) in [4.78, 5) is 75.4. The molecule has 262 valence electrons. The Morgan fingerprint density at radius 3 is 1.88 bits per heavy atom. The average molecular weight is 690 g/mol. The van der Waals surface area contributed by atoms with E-state index in [-0.39, 0.29) is 30.8 Å². The summed E-state index contributed by atoms with van der Waals surface area (Å²) in [5.74, 6) is -4.26. The maximum absolute atomic E-state index is 13.1. The number of carboxylic acids is 1. The maximum Gasteiger partial charge on any atom is 0.408 e. The number of rotatable bonds is 17. The highest BCUT2D eigenvalue weighted by Crippen LogP contribution is 2.13. The van der Waals surface area contributed by atoms with Crippen molar-refractivity contribution in [3.63, 3.8) is 0 Å². The zero-order valence-electron chi connectivity index (χ0n) is 27.2. The van der Waals surface area contributed by atoms with Crippen molar-refractivity contribution >= 4 is 46.5 Å². The normalized spacial score (nSPS) is 13.5. The highest BCUT2D eigenvalue weighted by atomic mass is 32.2. The Morgan fingerprint density at radius 2 is 1.31 bits per heavy atom. The fraction of sp³-hybridized carbons (Fsp3) is 0.438. The molecule has 15 nitrogen and oxygen atoms in total. The Labute approximate surface area is 281 Å². The lowest BCUT2D eigenvalue weighted by Gasteiger charge is -2.23. The standard InChI is InChI=1S/C32H43N5O10S/c1-32(2,3)47-31(45)37-24(17-21-10-12-22(38)13-11-21)28(41)34-18-26(39)33-19-27(40)35-25(16-20-8-6-5-7-9-20)29(42)36-23(30(43)44)14-15-48(4)46/h5-13,23-25,38H,14-19H2,1-4H3,(H,33,39)(H,34,41)(H,35,40)(H,36,42)(H,37,45)(H,43,44)/t23-,24-,25-,48?/m1/s1. The number of hydrogen-bond donors (Lipinski definition) is 7. The largest absolute Gasteiger partial charge is 0.508 e. The summed E-state index contributed by atoms with van der Waals surface area (Å²) in [7, 11) is -1.28. The van der Waals surface area contributed by atoms with Crippen LogP contribution in [0.4, 0.5) is 4.79 Å². The summed E-state index contributed by atoms with van der Waals surface area (Å²) < 4.78 is 16.7. The van der Waals surface area contributed by atoms with E-state index in [4.69, 9.17) is 4.74 Å². The van der Waals surface area contributed by atoms with Gasteiger partial charge < -0.3 is 41.5 Å². The van der Waals surface area contributed by atoms with E-state index in [2.05, 4.69) is 26.6 Å². The van der Waals surface area contributed by atoms with Crippen molar-refractivity contribution in [2.75, 3.05) is 25.1 Å². The van der Waals surface area contributed by atoms with E-state index >= 15 is 0 Å². The first-order valence-electron chi connectivity index (χ1n) is 15.0. The van der Waals surface area contributed by atoms with E-state index in [0.29, 0.717) is 11.1 Å². The molecule has 0 radical (unpaired) electrons. The first-order valence-corrected chi connectivity index (χ1v) is 16.7. The van der Waals surface area contributed by atoms with Crippen LogP contribution in [0.2, 0.25) is 0 Å². The molecule has 5 amide bonds. The van der Waals surface area contributed by atoms with Crippen molar-refractivity contribution in [3.05, 3.63) is 65.7 Å². The number of benzene rings is 2. The monoisotopic (exact) mass is 689 g/mol. The minimum absolute atomic E-state index is 0.0132. The second-order valence-corrected chi connectivity index (χ2v) is 13.4. The number of phenols is 1. The Balaban J connectivity index is 2.00. The SMILES string of the molecule is CS(=O)CC[C@@H](NC(=O)[C@@H](Cc1ccccc1)NC(=O)CNC(=O)CNC(=O)[C@@H](Cc1ccc(O)cc1)NC(=O)OC(C)(C)C)C(=O)O. The van der Waals surface area contributed by atoms with Crippen LogP contribution < -0.4 is 26.6 Å². The number of carboxylic acid groups (broad SMARTS) is 1. The van der Waals surface area contributed by atoms with Gasteiger partial charge in [0.2, 0.25) is 23.6 Å². The second-order valence-electron chi connectivity index (χ2n) is 11.8. The Morgan fingerprint density at radius 1 is 0.750 bits per heavy atom. The summed E-state index contributed by atoms with van der Waals surface area (Å²) in [6.45, 7) is 3.84. The fourth-order valence-electron chi connectivity index (χ4n) is 4.18. The van der Waals surface area contributed by atoms with Gasteiger partial charge in [-0.05, 0) is 50.5 Å². The number of carbonyl (C=O) groups is 6. The fourth-order valence-corrected chi connectivity index (χ4v) is 4.74. The van der Waals surface area contributed by atoms with Gasteiger partial charge in [-0.3, -0.25) is 23.4 Å². The van der Waals surface area contributed by atoms with Gasteiger partial charge in [-0.25, -0.2) is 9.59 Å². The van der Waals surface area contributed by atoms with E-state index in [9.17, 15) is 43.2 Å². The molecule has 2 rings (SSSR count). The van der Waals surface area contributed by atoms with Gasteiger partial charge in [0.15, 0.2) is 0 Å². The molecule has 4 atom stereocenters. The lowest BCUT2D eigenvalue weighted by atomic mass is 10.0. The molecule has 48 heavy (non-hydrogen) atoms. The van der Waals surface area contributed by atoms with Crippen LogP contribution in [0.15, 0.2) is 54.6 Å². The molecule has 16 heteroatoms. The molecule has 0 aliphatic carbocycles. The number of alkyl carbamates (subject to hydrolysis) is 1. The van der Waals surface area contributed by atoms with Crippen molar-refractivity contribution in [2.45, 2.75) is 63.8 Å². The van der Waals surface area contributed by atoms with E-state index in [1.165, 1.54) is 18.4 Å². The van der Waals surface area contributed by atoms with E-state index < -0.39 is 83.3 Å². The lowest BCUT2D eigenvalue weighted by Crippen LogP contribution is -2.54. The van der Waals surface area contributed by atoms with Gasteiger partial charge in [-0.2, -0.15) is 0 Å². The lowest BCUT2D eigenvalue weighted by molar-refractivity contribution is -0.142. The average Bonchev–Trinajstić information content (AvgIpc) is 3.00. The number of amides is 5. The molecule has 0 fully saturated rings. The topological polar surface area (TPSA) is 229 Å². The maximum atomic E-state index is 13.1. The zero-order chi connectivity index (χ0) is 35.9. The molecule has 0 saturated heterocycles. The van der Waals surface area contributed by atoms with Crippen LogP contribution in [0.3, 0.4) is 0 Å². The summed E-state index contributed by atoms with van der Waals surface area (Å²) >= 11 is 0. The van der Waals surface area contributed by atoms with Crippen LogP contribution in [0.1, 0.15) is 38.3 Å². The molecule has 2 aromatic carbocycles. The summed E-state index contributed by atoms with van der Waals surface area (Å²) in [6.07, 6.45) is 0.504. The van der Waals surface area contributed by atoms with E-state index in [1.807, 2.05) is 0 Å². The highest BCUT2D eigenvalue weighted by Gasteiger charge is 2.28. The summed E-state index contributed by atoms with van der Waals surface area (Å²) in [5, 5.41) is 31.2. The number of ether oxygens (including phenoxy) is 1. The minimum Gasteiger partial charge on any atom is -0.508 e. The number of aromatic hydroxyl groups is 1. The van der Waals surface area contributed by atoms with E-state index in [0.717, 1.165) is 0 Å². The number of aliphatic carboxylic acids is 1. The minimum atomic E-state index is -1.33. The molecule has 2 aromatic rings. The Bertz CT molecular complexity index is 1450. The van der Waals surface area contributed by atoms with Crippen molar-refractivity contribution in [1.29, 1.82) is 0 Å². The number of carbonyl (C=O) groups excluding carboxylic acids is 5. The van der Waals surface area contributed by atoms with Crippen molar-refractivity contribution < 1.29 is 47.9 Å². The van der Waals surface area contributed by atoms with Crippen molar-refractivity contribution in [2.24, 2.45) is 0 Å². The predicted octanol–water partition coefficient (Wildman–Crippen LogP) is 0.126. The molecule has 7 N–H and O–H groups in total. The van der Waals surface area contributed by atoms with Gasteiger partial charge in [0, 0.05) is 35.6 Å². The molecule has 1 unspecified atom stereocenters. The first-order chi connectivity index (χ1) is 22.5. The molecular formula is C32H43N5O10S. The van der Waals surface area contributed by atoms with Crippen LogP contribution in [0.25, 0.3) is 0 Å². The number of phenolic OH excluding ortho intramolecular Hbond substituents is 1. The third-order valence-electron chi connectivity index (χ3n) is 6.50. The van der Waals surface area contributed by atoms with Crippen molar-refractivity contribution in [1.82, 2.24) is 26.6 Å². The third kappa shape index (κ3) is 15.5. The van der Waals surface area contributed by atoms with Crippen LogP contribution in [-0.2, 0) is 52.4 Å². The first kappa shape index (κ1) is 39.2. The highest BCUT2D eigenvalue weighted by molar-refractivity contribution is 7.84. The zero-order valence-corrected chi connectivity index (χ0v) is 28.1. The molecule has 0 spiro atoms. The molecule has 0 heterocycles. The molecule has 0 saturated carbocycles. The molecule has 0 aliphatic rings. The van der Waals surface area contributed by atoms with Gasteiger partial charge in [0.25, 0.3) is 0 Å². The van der Waals surface area contributed by atoms with Gasteiger partial charge in [-0.15, -0.1) is 0 Å². The van der Waals surface area contributed by atoms with Gasteiger partial charge in [-0.1, -0.05) is 42.5 Å². The Hall–Kier alpha value is -4.99. The molecular weight excluding hydrogens is 646 g/mol. The smallest absolute Gasteiger partial charge is 0.408 e. The van der Waals surface area contributed by atoms with Crippen LogP contribution >= 0.6 is 0 Å². The number of nitrogens with one attached hydrogen (secondary N) is 5.